The van der Waals surface area contributed by atoms with Crippen LogP contribution in [0, 0.1) is 16.7 Å². The summed E-state index contributed by atoms with van der Waals surface area (Å²) in [4.78, 5) is 0. The molecule has 0 aromatic heterocycles. The predicted molar refractivity (Wildman–Crippen MR) is 96.4 cm³/mol. The zero-order chi connectivity index (χ0) is 17.1. The van der Waals surface area contributed by atoms with Gasteiger partial charge in [0.15, 0.2) is 0 Å². The Balaban J connectivity index is 0.000000425. The second-order valence-corrected chi connectivity index (χ2v) is 6.40. The van der Waals surface area contributed by atoms with Crippen LogP contribution in [-0.4, -0.2) is 5.54 Å². The molecule has 0 heterocycles. The van der Waals surface area contributed by atoms with E-state index >= 15 is 0 Å². The quantitative estimate of drug-likeness (QED) is 0.698. The summed E-state index contributed by atoms with van der Waals surface area (Å²) in [7, 11) is 0. The Hall–Kier alpha value is -2.01. The van der Waals surface area contributed by atoms with Crippen molar-refractivity contribution in [2.24, 2.45) is 5.41 Å². The van der Waals surface area contributed by atoms with Crippen LogP contribution in [0.3, 0.4) is 0 Å². The van der Waals surface area contributed by atoms with E-state index in [-0.39, 0.29) is 5.41 Å². The summed E-state index contributed by atoms with van der Waals surface area (Å²) < 4.78 is 0. The van der Waals surface area contributed by atoms with Crippen LogP contribution in [0.1, 0.15) is 46.1 Å². The predicted octanol–water partition coefficient (Wildman–Crippen LogP) is 5.24. The Labute approximate surface area is 136 Å². The largest absolute Gasteiger partial charge is 0.374 e. The molecule has 0 fully saturated rings. The molecule has 1 rings (SSSR count). The second kappa shape index (κ2) is 9.84. The van der Waals surface area contributed by atoms with Gasteiger partial charge in [-0.05, 0) is 36.9 Å². The number of nitrogens with one attached hydrogen (secondary N) is 1. The third kappa shape index (κ3) is 8.32. The van der Waals surface area contributed by atoms with Gasteiger partial charge in [-0.25, -0.2) is 0 Å². The minimum Gasteiger partial charge on any atom is -0.374 e. The zero-order valence-electron chi connectivity index (χ0n) is 14.5. The fraction of sp³-hybridized carbons (Fsp3) is 0.450. The van der Waals surface area contributed by atoms with E-state index < -0.39 is 5.54 Å². The summed E-state index contributed by atoms with van der Waals surface area (Å²) in [5.74, 6) is 0. The molecule has 22 heavy (non-hydrogen) atoms. The lowest BCUT2D eigenvalue weighted by molar-refractivity contribution is 0.327. The van der Waals surface area contributed by atoms with Crippen LogP contribution in [0.2, 0.25) is 0 Å². The average Bonchev–Trinajstić information content (AvgIpc) is 2.49. The Morgan fingerprint density at radius 1 is 1.18 bits per heavy atom. The highest BCUT2D eigenvalue weighted by atomic mass is 14.9. The second-order valence-electron chi connectivity index (χ2n) is 6.40. The molecule has 0 aliphatic rings. The molecule has 0 radical (unpaired) electrons. The number of hydrogen-bond acceptors (Lipinski definition) is 2. The first-order chi connectivity index (χ1) is 10.3. The standard InChI is InChI=1S/C11H18N2.C9H12/c1-6-10(3,4)8-11(5,9-12)13-7-2;1-2-6-9-7-4-3-5-8-9/h6-7,13H,1-2,8H2,3-5H3;3-5,7-8H,2,6H2,1H3. The van der Waals surface area contributed by atoms with Crippen molar-refractivity contribution >= 4 is 0 Å². The Bertz CT molecular complexity index is 482. The first-order valence-corrected chi connectivity index (χ1v) is 7.80. The van der Waals surface area contributed by atoms with Gasteiger partial charge in [-0.1, -0.05) is 70.2 Å². The summed E-state index contributed by atoms with van der Waals surface area (Å²) >= 11 is 0. The first-order valence-electron chi connectivity index (χ1n) is 7.80. The van der Waals surface area contributed by atoms with Gasteiger partial charge in [-0.3, -0.25) is 0 Å². The molecule has 0 amide bonds. The van der Waals surface area contributed by atoms with Crippen molar-refractivity contribution in [2.45, 2.75) is 52.5 Å². The van der Waals surface area contributed by atoms with Gasteiger partial charge in [0.25, 0.3) is 0 Å². The number of rotatable bonds is 7. The van der Waals surface area contributed by atoms with E-state index in [2.05, 4.69) is 75.6 Å². The van der Waals surface area contributed by atoms with Gasteiger partial charge in [-0.15, -0.1) is 6.58 Å². The molecular weight excluding hydrogens is 268 g/mol. The summed E-state index contributed by atoms with van der Waals surface area (Å²) in [6.07, 6.45) is 6.59. The molecule has 0 saturated heterocycles. The first kappa shape index (κ1) is 20.0. The summed E-state index contributed by atoms with van der Waals surface area (Å²) in [6.45, 7) is 15.5. The molecule has 0 bridgehead atoms. The third-order valence-electron chi connectivity index (χ3n) is 3.41. The van der Waals surface area contributed by atoms with E-state index in [1.54, 1.807) is 6.20 Å². The van der Waals surface area contributed by atoms with Crippen LogP contribution in [0.15, 0.2) is 55.8 Å². The zero-order valence-corrected chi connectivity index (χ0v) is 14.5. The van der Waals surface area contributed by atoms with Gasteiger partial charge < -0.3 is 5.32 Å². The Morgan fingerprint density at radius 2 is 1.77 bits per heavy atom. The third-order valence-corrected chi connectivity index (χ3v) is 3.41. The van der Waals surface area contributed by atoms with E-state index in [4.69, 9.17) is 5.26 Å². The van der Waals surface area contributed by atoms with Crippen LogP contribution < -0.4 is 5.32 Å². The van der Waals surface area contributed by atoms with Crippen LogP contribution in [0.4, 0.5) is 0 Å². The van der Waals surface area contributed by atoms with Crippen LogP contribution in [-0.2, 0) is 6.42 Å². The molecule has 1 atom stereocenters. The molecular formula is C20H30N2. The normalized spacial score (nSPS) is 12.9. The summed E-state index contributed by atoms with van der Waals surface area (Å²) in [5.41, 5.74) is 0.847. The highest BCUT2D eigenvalue weighted by Gasteiger charge is 2.29. The summed E-state index contributed by atoms with van der Waals surface area (Å²) in [5, 5.41) is 11.9. The van der Waals surface area contributed by atoms with Gasteiger partial charge >= 0.3 is 0 Å². The highest BCUT2D eigenvalue weighted by Crippen LogP contribution is 2.28. The Morgan fingerprint density at radius 3 is 2.18 bits per heavy atom. The fourth-order valence-electron chi connectivity index (χ4n) is 2.26. The highest BCUT2D eigenvalue weighted by molar-refractivity contribution is 5.14. The van der Waals surface area contributed by atoms with Crippen molar-refractivity contribution in [2.75, 3.05) is 0 Å². The average molecular weight is 298 g/mol. The van der Waals surface area contributed by atoms with Gasteiger partial charge in [0.1, 0.15) is 5.54 Å². The van der Waals surface area contributed by atoms with E-state index in [0.29, 0.717) is 6.42 Å². The number of benzene rings is 1. The van der Waals surface area contributed by atoms with Crippen molar-refractivity contribution in [3.63, 3.8) is 0 Å². The van der Waals surface area contributed by atoms with E-state index in [1.807, 2.05) is 13.0 Å². The minimum atomic E-state index is -0.556. The molecule has 1 aromatic carbocycles. The fourth-order valence-corrected chi connectivity index (χ4v) is 2.26. The molecule has 1 N–H and O–H groups in total. The lowest BCUT2D eigenvalue weighted by Crippen LogP contribution is -2.40. The number of hydrogen-bond donors (Lipinski definition) is 1. The van der Waals surface area contributed by atoms with Gasteiger partial charge in [-0.2, -0.15) is 5.26 Å². The molecule has 2 heteroatoms. The molecule has 2 nitrogen and oxygen atoms in total. The SMILES string of the molecule is C=CNC(C)(C#N)CC(C)(C)C=C.CCCc1ccccc1. The smallest absolute Gasteiger partial charge is 0.122 e. The lowest BCUT2D eigenvalue weighted by Gasteiger charge is -2.30. The van der Waals surface area contributed by atoms with Crippen molar-refractivity contribution in [3.8, 4) is 6.07 Å². The maximum absolute atomic E-state index is 8.98. The van der Waals surface area contributed by atoms with E-state index in [9.17, 15) is 0 Å². The summed E-state index contributed by atoms with van der Waals surface area (Å²) in [6, 6.07) is 12.8. The van der Waals surface area contributed by atoms with Gasteiger partial charge in [0, 0.05) is 0 Å². The molecule has 0 saturated carbocycles. The Kier molecular flexibility index (Phi) is 8.94. The lowest BCUT2D eigenvalue weighted by atomic mass is 9.80. The topological polar surface area (TPSA) is 35.8 Å². The molecule has 0 aliphatic heterocycles. The van der Waals surface area contributed by atoms with E-state index in [1.165, 1.54) is 18.4 Å². The molecule has 1 unspecified atom stereocenters. The monoisotopic (exact) mass is 298 g/mol. The number of nitrogens with zero attached hydrogens (tertiary/aromatic N) is 1. The molecule has 0 aliphatic carbocycles. The number of allylic oxidation sites excluding steroid dienone is 1. The van der Waals surface area contributed by atoms with E-state index in [0.717, 1.165) is 0 Å². The minimum absolute atomic E-state index is 0.0412. The molecule has 0 spiro atoms. The maximum Gasteiger partial charge on any atom is 0.122 e. The van der Waals surface area contributed by atoms with Gasteiger partial charge in [0.2, 0.25) is 0 Å². The van der Waals surface area contributed by atoms with Crippen molar-refractivity contribution in [1.82, 2.24) is 5.32 Å². The van der Waals surface area contributed by atoms with Gasteiger partial charge in [0.05, 0.1) is 6.07 Å². The maximum atomic E-state index is 8.98. The molecule has 1 aromatic rings. The van der Waals surface area contributed by atoms with Crippen molar-refractivity contribution < 1.29 is 0 Å². The molecule has 120 valence electrons. The van der Waals surface area contributed by atoms with Crippen molar-refractivity contribution in [1.29, 1.82) is 5.26 Å². The number of nitriles is 1. The number of aryl methyl sites for hydroxylation is 1. The van der Waals surface area contributed by atoms with Crippen molar-refractivity contribution in [3.05, 3.63) is 61.3 Å². The van der Waals surface area contributed by atoms with Crippen LogP contribution in [0.5, 0.6) is 0 Å². The van der Waals surface area contributed by atoms with Crippen LogP contribution in [0.25, 0.3) is 0 Å². The van der Waals surface area contributed by atoms with Crippen LogP contribution >= 0.6 is 0 Å².